The maximum absolute atomic E-state index is 11.8. The summed E-state index contributed by atoms with van der Waals surface area (Å²) in [5.41, 5.74) is 0.419. The molecule has 5 nitrogen and oxygen atoms in total. The highest BCUT2D eigenvalue weighted by Crippen LogP contribution is 2.21. The Kier molecular flexibility index (Phi) is 4.18. The molecular formula is C14H16N2O3. The molecule has 0 aliphatic heterocycles. The first-order valence-corrected chi connectivity index (χ1v) is 6.14. The minimum absolute atomic E-state index is 0.0851. The Morgan fingerprint density at radius 2 is 2.32 bits per heavy atom. The number of ether oxygens (including phenoxy) is 1. The van der Waals surface area contributed by atoms with Crippen LogP contribution < -0.4 is 5.32 Å². The van der Waals surface area contributed by atoms with Crippen molar-refractivity contribution in [3.63, 3.8) is 0 Å². The van der Waals surface area contributed by atoms with Gasteiger partial charge in [0.2, 0.25) is 0 Å². The molecule has 0 spiro atoms. The molecule has 0 saturated carbocycles. The van der Waals surface area contributed by atoms with Crippen LogP contribution in [0.3, 0.4) is 0 Å². The van der Waals surface area contributed by atoms with Crippen molar-refractivity contribution in [3.8, 4) is 0 Å². The van der Waals surface area contributed by atoms with E-state index in [4.69, 9.17) is 9.15 Å². The van der Waals surface area contributed by atoms with E-state index in [0.29, 0.717) is 18.0 Å². The highest BCUT2D eigenvalue weighted by atomic mass is 16.5. The topological polar surface area (TPSA) is 64.4 Å². The van der Waals surface area contributed by atoms with E-state index in [9.17, 15) is 4.79 Å². The van der Waals surface area contributed by atoms with Crippen LogP contribution in [-0.4, -0.2) is 17.6 Å². The Morgan fingerprint density at radius 3 is 3.00 bits per heavy atom. The maximum Gasteiger partial charge on any atom is 0.341 e. The number of nitrogens with zero attached hydrogens (tertiary/aromatic N) is 1. The van der Waals surface area contributed by atoms with Gasteiger partial charge in [-0.15, -0.1) is 0 Å². The molecule has 0 bridgehead atoms. The molecular weight excluding hydrogens is 244 g/mol. The highest BCUT2D eigenvalue weighted by molar-refractivity contribution is 5.94. The third kappa shape index (κ3) is 3.13. The third-order valence-electron chi connectivity index (χ3n) is 2.63. The predicted molar refractivity (Wildman–Crippen MR) is 70.9 cm³/mol. The van der Waals surface area contributed by atoms with Gasteiger partial charge in [-0.3, -0.25) is 0 Å². The Bertz CT molecular complexity index is 537. The lowest BCUT2D eigenvalue weighted by Gasteiger charge is -2.14. The van der Waals surface area contributed by atoms with Crippen LogP contribution in [-0.2, 0) is 4.74 Å². The van der Waals surface area contributed by atoms with Crippen LogP contribution in [0.15, 0.2) is 41.1 Å². The van der Waals surface area contributed by atoms with Gasteiger partial charge in [-0.2, -0.15) is 0 Å². The van der Waals surface area contributed by atoms with E-state index in [1.54, 1.807) is 31.5 Å². The van der Waals surface area contributed by atoms with Crippen LogP contribution in [0.25, 0.3) is 0 Å². The second kappa shape index (κ2) is 6.04. The van der Waals surface area contributed by atoms with Crippen molar-refractivity contribution in [3.05, 3.63) is 48.0 Å². The zero-order valence-electron chi connectivity index (χ0n) is 10.9. The second-order valence-corrected chi connectivity index (χ2v) is 4.00. The average molecular weight is 260 g/mol. The molecule has 0 aromatic carbocycles. The fourth-order valence-corrected chi connectivity index (χ4v) is 1.71. The van der Waals surface area contributed by atoms with Crippen LogP contribution in [0.1, 0.15) is 36.0 Å². The molecule has 0 radical (unpaired) electrons. The molecule has 5 heteroatoms. The second-order valence-electron chi connectivity index (χ2n) is 4.00. The lowest BCUT2D eigenvalue weighted by Crippen LogP contribution is -2.13. The van der Waals surface area contributed by atoms with Crippen molar-refractivity contribution in [2.45, 2.75) is 19.9 Å². The highest BCUT2D eigenvalue weighted by Gasteiger charge is 2.16. The molecule has 2 aromatic heterocycles. The lowest BCUT2D eigenvalue weighted by atomic mass is 10.2. The number of hydrogen-bond acceptors (Lipinski definition) is 5. The molecule has 0 fully saturated rings. The van der Waals surface area contributed by atoms with E-state index < -0.39 is 0 Å². The van der Waals surface area contributed by atoms with Crippen molar-refractivity contribution in [2.75, 3.05) is 11.9 Å². The van der Waals surface area contributed by atoms with E-state index in [1.807, 2.05) is 19.1 Å². The van der Waals surface area contributed by atoms with Gasteiger partial charge in [0.1, 0.15) is 17.1 Å². The number of nitrogens with one attached hydrogen (secondary N) is 1. The zero-order chi connectivity index (χ0) is 13.7. The van der Waals surface area contributed by atoms with Crippen molar-refractivity contribution >= 4 is 11.8 Å². The molecule has 0 saturated heterocycles. The first-order chi connectivity index (χ1) is 9.22. The van der Waals surface area contributed by atoms with Crippen molar-refractivity contribution in [1.29, 1.82) is 0 Å². The summed E-state index contributed by atoms with van der Waals surface area (Å²) in [6.07, 6.45) is 3.23. The monoisotopic (exact) mass is 260 g/mol. The van der Waals surface area contributed by atoms with Gasteiger partial charge in [0, 0.05) is 6.20 Å². The van der Waals surface area contributed by atoms with Gasteiger partial charge in [0.15, 0.2) is 0 Å². The van der Waals surface area contributed by atoms with Gasteiger partial charge in [-0.1, -0.05) is 0 Å². The van der Waals surface area contributed by atoms with Crippen molar-refractivity contribution < 1.29 is 13.9 Å². The molecule has 100 valence electrons. The number of esters is 1. The number of carbonyl (C=O) groups excluding carboxylic acids is 1. The summed E-state index contributed by atoms with van der Waals surface area (Å²) in [4.78, 5) is 16.0. The SMILES string of the molecule is CCOC(=O)c1cccnc1NC(C)c1ccco1. The Balaban J connectivity index is 2.18. The van der Waals surface area contributed by atoms with Gasteiger partial charge in [-0.05, 0) is 38.1 Å². The molecule has 2 aromatic rings. The fourth-order valence-electron chi connectivity index (χ4n) is 1.71. The number of rotatable bonds is 5. The molecule has 19 heavy (non-hydrogen) atoms. The Hall–Kier alpha value is -2.30. The number of aromatic nitrogens is 1. The lowest BCUT2D eigenvalue weighted by molar-refractivity contribution is 0.0527. The summed E-state index contributed by atoms with van der Waals surface area (Å²) in [5, 5.41) is 3.15. The van der Waals surface area contributed by atoms with Crippen LogP contribution >= 0.6 is 0 Å². The van der Waals surface area contributed by atoms with Gasteiger partial charge < -0.3 is 14.5 Å². The first-order valence-electron chi connectivity index (χ1n) is 6.14. The zero-order valence-corrected chi connectivity index (χ0v) is 10.9. The van der Waals surface area contributed by atoms with E-state index >= 15 is 0 Å². The van der Waals surface area contributed by atoms with Crippen LogP contribution in [0.2, 0.25) is 0 Å². The molecule has 1 N–H and O–H groups in total. The Morgan fingerprint density at radius 1 is 1.47 bits per heavy atom. The fraction of sp³-hybridized carbons (Fsp3) is 0.286. The summed E-state index contributed by atoms with van der Waals surface area (Å²) in [5.74, 6) is 0.884. The van der Waals surface area contributed by atoms with Gasteiger partial charge in [0.05, 0.1) is 18.9 Å². The summed E-state index contributed by atoms with van der Waals surface area (Å²) in [6.45, 7) is 4.04. The largest absolute Gasteiger partial charge is 0.467 e. The van der Waals surface area contributed by atoms with E-state index in [0.717, 1.165) is 5.76 Å². The summed E-state index contributed by atoms with van der Waals surface area (Å²) < 4.78 is 10.3. The van der Waals surface area contributed by atoms with Crippen LogP contribution in [0, 0.1) is 0 Å². The Labute approximate surface area is 111 Å². The molecule has 2 rings (SSSR count). The quantitative estimate of drug-likeness (QED) is 0.837. The van der Waals surface area contributed by atoms with Crippen LogP contribution in [0.5, 0.6) is 0 Å². The third-order valence-corrected chi connectivity index (χ3v) is 2.63. The van der Waals surface area contributed by atoms with Crippen molar-refractivity contribution in [2.24, 2.45) is 0 Å². The van der Waals surface area contributed by atoms with Crippen LogP contribution in [0.4, 0.5) is 5.82 Å². The first kappa shape index (κ1) is 13.1. The van der Waals surface area contributed by atoms with Crippen molar-refractivity contribution in [1.82, 2.24) is 4.98 Å². The number of anilines is 1. The molecule has 0 amide bonds. The maximum atomic E-state index is 11.8. The molecule has 1 unspecified atom stereocenters. The smallest absolute Gasteiger partial charge is 0.341 e. The predicted octanol–water partition coefficient (Wildman–Crippen LogP) is 3.02. The summed E-state index contributed by atoms with van der Waals surface area (Å²) in [6, 6.07) is 6.98. The van der Waals surface area contributed by atoms with E-state index in [2.05, 4.69) is 10.3 Å². The average Bonchev–Trinajstić information content (AvgIpc) is 2.93. The molecule has 1 atom stereocenters. The van der Waals surface area contributed by atoms with Gasteiger partial charge in [0.25, 0.3) is 0 Å². The molecule has 0 aliphatic rings. The summed E-state index contributed by atoms with van der Waals surface area (Å²) in [7, 11) is 0. The molecule has 0 aliphatic carbocycles. The number of carbonyl (C=O) groups is 1. The molecule has 2 heterocycles. The number of furan rings is 1. The van der Waals surface area contributed by atoms with E-state index in [1.165, 1.54) is 0 Å². The van der Waals surface area contributed by atoms with Gasteiger partial charge in [-0.25, -0.2) is 9.78 Å². The number of hydrogen-bond donors (Lipinski definition) is 1. The normalized spacial score (nSPS) is 11.9. The minimum atomic E-state index is -0.384. The van der Waals surface area contributed by atoms with Gasteiger partial charge >= 0.3 is 5.97 Å². The summed E-state index contributed by atoms with van der Waals surface area (Å²) >= 11 is 0. The number of pyridine rings is 1. The minimum Gasteiger partial charge on any atom is -0.467 e. The van der Waals surface area contributed by atoms with E-state index in [-0.39, 0.29) is 12.0 Å². The standard InChI is InChI=1S/C14H16N2O3/c1-3-18-14(17)11-6-4-8-15-13(11)16-10(2)12-7-5-9-19-12/h4-10H,3H2,1-2H3,(H,15,16).